The minimum atomic E-state index is -0.508. The lowest BCUT2D eigenvalue weighted by Crippen LogP contribution is -2.29. The van der Waals surface area contributed by atoms with E-state index in [1.54, 1.807) is 6.92 Å². The van der Waals surface area contributed by atoms with Crippen molar-refractivity contribution >= 4 is 28.3 Å². The summed E-state index contributed by atoms with van der Waals surface area (Å²) in [5.74, 6) is 0.240. The second-order valence-corrected chi connectivity index (χ2v) is 6.34. The number of nitrogens with one attached hydrogen (secondary N) is 1. The molecule has 0 heterocycles. The predicted octanol–water partition coefficient (Wildman–Crippen LogP) is 3.65. The van der Waals surface area contributed by atoms with Crippen molar-refractivity contribution in [2.45, 2.75) is 38.6 Å². The van der Waals surface area contributed by atoms with Crippen LogP contribution in [0.5, 0.6) is 0 Å². The second-order valence-electron chi connectivity index (χ2n) is 6.34. The fourth-order valence-corrected chi connectivity index (χ4v) is 3.06. The van der Waals surface area contributed by atoms with Crippen molar-refractivity contribution < 1.29 is 9.63 Å². The van der Waals surface area contributed by atoms with E-state index in [1.807, 2.05) is 36.4 Å². The molecule has 3 N–H and O–H groups in total. The first-order chi connectivity index (χ1) is 11.6. The number of oxime groups is 1. The molecule has 1 atom stereocenters. The number of rotatable bonds is 5. The lowest BCUT2D eigenvalue weighted by molar-refractivity contribution is -0.144. The van der Waals surface area contributed by atoms with Crippen LogP contribution in [0.25, 0.3) is 10.8 Å². The largest absolute Gasteiger partial charge is 0.384 e. The van der Waals surface area contributed by atoms with E-state index in [4.69, 9.17) is 10.6 Å². The highest BCUT2D eigenvalue weighted by molar-refractivity contribution is 5.87. The molecule has 5 heteroatoms. The first-order valence-corrected chi connectivity index (χ1v) is 8.43. The second kappa shape index (κ2) is 7.34. The quantitative estimate of drug-likeness (QED) is 0.381. The molecule has 2 aromatic carbocycles. The lowest BCUT2D eigenvalue weighted by Gasteiger charge is -2.13. The number of nitrogens with two attached hydrogens (primary N) is 1. The molecule has 1 unspecified atom stereocenters. The first kappa shape index (κ1) is 16.3. The molecular weight excluding hydrogens is 302 g/mol. The number of nitrogens with zero attached hydrogens (tertiary/aromatic N) is 1. The van der Waals surface area contributed by atoms with Crippen LogP contribution >= 0.6 is 0 Å². The summed E-state index contributed by atoms with van der Waals surface area (Å²) in [5.41, 5.74) is 6.76. The van der Waals surface area contributed by atoms with Crippen molar-refractivity contribution in [1.82, 2.24) is 0 Å². The Hall–Kier alpha value is -2.56. The molecule has 1 saturated carbocycles. The zero-order valence-corrected chi connectivity index (χ0v) is 13.9. The molecule has 0 aliphatic heterocycles. The van der Waals surface area contributed by atoms with Crippen LogP contribution < -0.4 is 11.1 Å². The first-order valence-electron chi connectivity index (χ1n) is 8.43. The summed E-state index contributed by atoms with van der Waals surface area (Å²) in [7, 11) is 0. The maximum Gasteiger partial charge on any atom is 0.356 e. The molecule has 0 amide bonds. The van der Waals surface area contributed by atoms with Crippen molar-refractivity contribution in [2.75, 3.05) is 5.32 Å². The normalized spacial score (nSPS) is 17.0. The van der Waals surface area contributed by atoms with Crippen LogP contribution in [0.3, 0.4) is 0 Å². The van der Waals surface area contributed by atoms with Crippen LogP contribution in [0.1, 0.15) is 32.6 Å². The monoisotopic (exact) mass is 325 g/mol. The van der Waals surface area contributed by atoms with Crippen LogP contribution in [0.2, 0.25) is 0 Å². The van der Waals surface area contributed by atoms with Gasteiger partial charge in [0.2, 0.25) is 0 Å². The van der Waals surface area contributed by atoms with Gasteiger partial charge in [-0.1, -0.05) is 48.3 Å². The molecule has 1 aliphatic rings. The Morgan fingerprint density at radius 2 is 1.92 bits per heavy atom. The van der Waals surface area contributed by atoms with Gasteiger partial charge in [0, 0.05) is 11.6 Å². The SMILES string of the molecule is CC(Nc1ccc2ccccc2c1)C(=O)O/N=C(/N)C1CCCC1. The van der Waals surface area contributed by atoms with Crippen LogP contribution in [0, 0.1) is 5.92 Å². The van der Waals surface area contributed by atoms with Crippen LogP contribution in [-0.4, -0.2) is 17.8 Å². The van der Waals surface area contributed by atoms with Crippen molar-refractivity contribution in [3.05, 3.63) is 42.5 Å². The molecule has 5 nitrogen and oxygen atoms in total. The number of carbonyl (C=O) groups excluding carboxylic acids is 1. The van der Waals surface area contributed by atoms with Crippen molar-refractivity contribution in [3.63, 3.8) is 0 Å². The molecule has 24 heavy (non-hydrogen) atoms. The summed E-state index contributed by atoms with van der Waals surface area (Å²) in [6.07, 6.45) is 4.37. The van der Waals surface area contributed by atoms with Gasteiger partial charge in [0.25, 0.3) is 0 Å². The number of amidine groups is 1. The summed E-state index contributed by atoms with van der Waals surface area (Å²) in [6.45, 7) is 1.75. The molecule has 126 valence electrons. The number of benzene rings is 2. The van der Waals surface area contributed by atoms with Crippen LogP contribution in [0.15, 0.2) is 47.6 Å². The average molecular weight is 325 g/mol. The number of hydrogen-bond acceptors (Lipinski definition) is 4. The van der Waals surface area contributed by atoms with Gasteiger partial charge >= 0.3 is 5.97 Å². The zero-order chi connectivity index (χ0) is 16.9. The summed E-state index contributed by atoms with van der Waals surface area (Å²) >= 11 is 0. The minimum absolute atomic E-state index is 0.251. The van der Waals surface area contributed by atoms with Crippen molar-refractivity contribution in [3.8, 4) is 0 Å². The molecule has 0 aromatic heterocycles. The topological polar surface area (TPSA) is 76.7 Å². The standard InChI is InChI=1S/C19H23N3O2/c1-13(19(23)24-22-18(20)15-7-3-4-8-15)21-17-11-10-14-6-2-5-9-16(14)12-17/h2,5-6,9-13,15,21H,3-4,7-8H2,1H3,(H2,20,22). The maximum absolute atomic E-state index is 12.1. The Labute approximate surface area is 141 Å². The summed E-state index contributed by atoms with van der Waals surface area (Å²) in [6, 6.07) is 13.6. The van der Waals surface area contributed by atoms with Gasteiger partial charge in [0.1, 0.15) is 11.9 Å². The summed E-state index contributed by atoms with van der Waals surface area (Å²) in [5, 5.41) is 9.24. The Morgan fingerprint density at radius 1 is 1.21 bits per heavy atom. The molecule has 0 bridgehead atoms. The average Bonchev–Trinajstić information content (AvgIpc) is 3.14. The highest BCUT2D eigenvalue weighted by Crippen LogP contribution is 2.24. The van der Waals surface area contributed by atoms with E-state index in [9.17, 15) is 4.79 Å². The highest BCUT2D eigenvalue weighted by atomic mass is 16.7. The summed E-state index contributed by atoms with van der Waals surface area (Å²) < 4.78 is 0. The molecular formula is C19H23N3O2. The van der Waals surface area contributed by atoms with Gasteiger partial charge < -0.3 is 15.9 Å². The Kier molecular flexibility index (Phi) is 4.99. The van der Waals surface area contributed by atoms with E-state index in [-0.39, 0.29) is 5.92 Å². The Bertz CT molecular complexity index is 751. The molecule has 1 aliphatic carbocycles. The van der Waals surface area contributed by atoms with Gasteiger partial charge in [0.05, 0.1) is 0 Å². The number of hydrogen-bond donors (Lipinski definition) is 2. The fraction of sp³-hybridized carbons (Fsp3) is 0.368. The van der Waals surface area contributed by atoms with Gasteiger partial charge in [-0.3, -0.25) is 0 Å². The van der Waals surface area contributed by atoms with Gasteiger partial charge in [-0.15, -0.1) is 0 Å². The van der Waals surface area contributed by atoms with Crippen LogP contribution in [0.4, 0.5) is 5.69 Å². The third-order valence-corrected chi connectivity index (χ3v) is 4.50. The van der Waals surface area contributed by atoms with Gasteiger partial charge in [-0.25, -0.2) is 4.79 Å². The van der Waals surface area contributed by atoms with Crippen molar-refractivity contribution in [1.29, 1.82) is 0 Å². The van der Waals surface area contributed by atoms with Gasteiger partial charge in [-0.2, -0.15) is 0 Å². The number of carbonyl (C=O) groups is 1. The van der Waals surface area contributed by atoms with Gasteiger partial charge in [-0.05, 0) is 42.7 Å². The third kappa shape index (κ3) is 3.85. The van der Waals surface area contributed by atoms with E-state index >= 15 is 0 Å². The van der Waals surface area contributed by atoms with E-state index in [1.165, 1.54) is 0 Å². The Balaban J connectivity index is 1.59. The van der Waals surface area contributed by atoms with Crippen molar-refractivity contribution in [2.24, 2.45) is 16.8 Å². The van der Waals surface area contributed by atoms with E-state index < -0.39 is 12.0 Å². The maximum atomic E-state index is 12.1. The molecule has 0 spiro atoms. The minimum Gasteiger partial charge on any atom is -0.384 e. The number of anilines is 1. The van der Waals surface area contributed by atoms with Crippen LogP contribution in [-0.2, 0) is 9.63 Å². The highest BCUT2D eigenvalue weighted by Gasteiger charge is 2.20. The third-order valence-electron chi connectivity index (χ3n) is 4.50. The van der Waals surface area contributed by atoms with E-state index in [0.717, 1.165) is 42.1 Å². The van der Waals surface area contributed by atoms with Gasteiger partial charge in [0.15, 0.2) is 0 Å². The lowest BCUT2D eigenvalue weighted by atomic mass is 10.1. The Morgan fingerprint density at radius 3 is 2.67 bits per heavy atom. The predicted molar refractivity (Wildman–Crippen MR) is 96.7 cm³/mol. The molecule has 2 aromatic rings. The summed E-state index contributed by atoms with van der Waals surface area (Å²) in [4.78, 5) is 17.1. The molecule has 1 fully saturated rings. The molecule has 0 saturated heterocycles. The fourth-order valence-electron chi connectivity index (χ4n) is 3.06. The zero-order valence-electron chi connectivity index (χ0n) is 13.9. The number of fused-ring (bicyclic) bond motifs is 1. The molecule has 3 rings (SSSR count). The van der Waals surface area contributed by atoms with E-state index in [0.29, 0.717) is 5.84 Å². The smallest absolute Gasteiger partial charge is 0.356 e. The van der Waals surface area contributed by atoms with E-state index in [2.05, 4.69) is 16.5 Å². The molecule has 0 radical (unpaired) electrons.